The van der Waals surface area contributed by atoms with Crippen LogP contribution in [0.4, 0.5) is 0 Å². The molecule has 0 aliphatic heterocycles. The number of thioether (sulfide) groups is 1. The average Bonchev–Trinajstić information content (AvgIpc) is 2.23. The van der Waals surface area contributed by atoms with Crippen molar-refractivity contribution in [2.24, 2.45) is 0 Å². The van der Waals surface area contributed by atoms with Crippen LogP contribution in [0.3, 0.4) is 0 Å². The molecule has 0 bridgehead atoms. The van der Waals surface area contributed by atoms with E-state index in [4.69, 9.17) is 20.5 Å². The Kier molecular flexibility index (Phi) is 9.40. The minimum atomic E-state index is -1.65. The zero-order valence-electron chi connectivity index (χ0n) is 14.6. The molecule has 0 spiro atoms. The predicted molar refractivity (Wildman–Crippen MR) is 103 cm³/mol. The summed E-state index contributed by atoms with van der Waals surface area (Å²) in [7, 11) is -3.27. The first-order valence-electron chi connectivity index (χ1n) is 7.43. The van der Waals surface area contributed by atoms with E-state index in [1.54, 1.807) is 11.8 Å². The average molecular weight is 367 g/mol. The van der Waals surface area contributed by atoms with Gasteiger partial charge in [-0.15, -0.1) is 23.4 Å². The van der Waals surface area contributed by atoms with Crippen molar-refractivity contribution in [1.29, 1.82) is 0 Å². The molecule has 0 radical (unpaired) electrons. The molecule has 0 atom stereocenters. The van der Waals surface area contributed by atoms with Gasteiger partial charge in [0, 0.05) is 5.88 Å². The molecule has 0 aliphatic rings. The smallest absolute Gasteiger partial charge is 0.242 e. The molecule has 0 aromatic rings. The van der Waals surface area contributed by atoms with Crippen molar-refractivity contribution >= 4 is 40.0 Å². The van der Waals surface area contributed by atoms with Crippen LogP contribution in [0.1, 0.15) is 19.8 Å². The van der Waals surface area contributed by atoms with Gasteiger partial charge in [0.25, 0.3) is 0 Å². The van der Waals surface area contributed by atoms with Crippen LogP contribution in [0.25, 0.3) is 0 Å². The Balaban J connectivity index is 4.99. The van der Waals surface area contributed by atoms with Gasteiger partial charge in [0.05, 0.1) is 10.7 Å². The van der Waals surface area contributed by atoms with E-state index >= 15 is 0 Å². The van der Waals surface area contributed by atoms with E-state index in [9.17, 15) is 0 Å². The van der Waals surface area contributed by atoms with E-state index in [-0.39, 0.29) is 0 Å². The minimum absolute atomic E-state index is 0.719. The third-order valence-electron chi connectivity index (χ3n) is 2.24. The molecule has 0 saturated heterocycles. The summed E-state index contributed by atoms with van der Waals surface area (Å²) in [5.74, 6) is 3.45. The van der Waals surface area contributed by atoms with Gasteiger partial charge >= 0.3 is 0 Å². The first-order chi connectivity index (χ1) is 9.46. The second-order valence-electron chi connectivity index (χ2n) is 6.98. The second-order valence-corrected chi connectivity index (χ2v) is 17.3. The summed E-state index contributed by atoms with van der Waals surface area (Å²) in [4.78, 5) is 1.06. The molecule has 21 heavy (non-hydrogen) atoms. The molecule has 124 valence electrons. The Bertz CT molecular complexity index is 371. The molecule has 0 saturated carbocycles. The van der Waals surface area contributed by atoms with E-state index < -0.39 is 16.6 Å². The molecule has 0 aromatic carbocycles. The van der Waals surface area contributed by atoms with Gasteiger partial charge in [-0.3, -0.25) is 0 Å². The van der Waals surface area contributed by atoms with E-state index in [0.29, 0.717) is 0 Å². The van der Waals surface area contributed by atoms with Crippen LogP contribution in [0, 0.1) is 0 Å². The molecular weight excluding hydrogens is 336 g/mol. The zero-order valence-corrected chi connectivity index (χ0v) is 18.2. The van der Waals surface area contributed by atoms with Crippen LogP contribution in [0.15, 0.2) is 23.0 Å². The highest BCUT2D eigenvalue weighted by molar-refractivity contribution is 8.03. The quantitative estimate of drug-likeness (QED) is 0.151. The number of halogens is 1. The van der Waals surface area contributed by atoms with E-state index in [0.717, 1.165) is 40.9 Å². The number of allylic oxidation sites excluding steroid dienone is 1. The first-order valence-corrected chi connectivity index (χ1v) is 15.8. The lowest BCUT2D eigenvalue weighted by molar-refractivity contribution is 0.403. The van der Waals surface area contributed by atoms with Crippen LogP contribution < -0.4 is 0 Å². The van der Waals surface area contributed by atoms with E-state index in [1.807, 2.05) is 6.92 Å². The van der Waals surface area contributed by atoms with Gasteiger partial charge in [-0.1, -0.05) is 6.58 Å². The number of hydrogen-bond acceptors (Lipinski definition) is 3. The SMILES string of the molecule is C=C(O[Si](C)(C)C)/C(SCCCCCl)=C(\C)O[Si](C)(C)C. The lowest BCUT2D eigenvalue weighted by atomic mass is 10.4. The fourth-order valence-corrected chi connectivity index (χ4v) is 4.87. The van der Waals surface area contributed by atoms with Gasteiger partial charge in [0.2, 0.25) is 16.6 Å². The second kappa shape index (κ2) is 9.33. The molecule has 6 heteroatoms. The topological polar surface area (TPSA) is 18.5 Å². The Morgan fingerprint density at radius 3 is 1.95 bits per heavy atom. The number of hydrogen-bond donors (Lipinski definition) is 0. The monoisotopic (exact) mass is 366 g/mol. The highest BCUT2D eigenvalue weighted by Gasteiger charge is 2.23. The number of unbranched alkanes of at least 4 members (excludes halogenated alkanes) is 1. The summed E-state index contributed by atoms with van der Waals surface area (Å²) in [5, 5.41) is 0. The molecule has 0 fully saturated rings. The standard InChI is InChI=1S/C15H31ClO2SSi2/c1-13(17-20(3,4)5)15(19-12-10-9-11-16)14(2)18-21(6,7)8/h1,9-12H2,2-8H3/b15-14-. The molecule has 0 aliphatic carbocycles. The molecule has 0 amide bonds. The van der Waals surface area contributed by atoms with Crippen molar-refractivity contribution in [3.8, 4) is 0 Å². The molecule has 0 N–H and O–H groups in total. The Morgan fingerprint density at radius 2 is 1.52 bits per heavy atom. The predicted octanol–water partition coefficient (Wildman–Crippen LogP) is 6.19. The van der Waals surface area contributed by atoms with Gasteiger partial charge in [-0.05, 0) is 64.8 Å². The molecule has 0 unspecified atom stereocenters. The first kappa shape index (κ1) is 21.2. The lowest BCUT2D eigenvalue weighted by Crippen LogP contribution is -2.27. The van der Waals surface area contributed by atoms with Crippen LogP contribution in [0.5, 0.6) is 0 Å². The van der Waals surface area contributed by atoms with Gasteiger partial charge in [-0.25, -0.2) is 0 Å². The number of rotatable bonds is 10. The normalized spacial score (nSPS) is 13.7. The van der Waals surface area contributed by atoms with E-state index in [1.165, 1.54) is 0 Å². The van der Waals surface area contributed by atoms with Crippen LogP contribution in [0.2, 0.25) is 39.3 Å². The fourth-order valence-electron chi connectivity index (χ4n) is 1.67. The zero-order chi connectivity index (χ0) is 16.7. The minimum Gasteiger partial charge on any atom is -0.546 e. The van der Waals surface area contributed by atoms with Gasteiger partial charge in [0.15, 0.2) is 0 Å². The summed E-state index contributed by atoms with van der Waals surface area (Å²) >= 11 is 7.51. The van der Waals surface area contributed by atoms with Crippen molar-refractivity contribution in [2.45, 2.75) is 59.0 Å². The summed E-state index contributed by atoms with van der Waals surface area (Å²) < 4.78 is 12.2. The summed E-state index contributed by atoms with van der Waals surface area (Å²) in [6.45, 7) is 19.2. The molecule has 0 aromatic heterocycles. The third kappa shape index (κ3) is 11.4. The largest absolute Gasteiger partial charge is 0.546 e. The maximum absolute atomic E-state index is 6.14. The maximum Gasteiger partial charge on any atom is 0.242 e. The molecule has 2 nitrogen and oxygen atoms in total. The van der Waals surface area contributed by atoms with Gasteiger partial charge in [-0.2, -0.15) is 0 Å². The van der Waals surface area contributed by atoms with E-state index in [2.05, 4.69) is 45.9 Å². The molecular formula is C15H31ClO2SSi2. The van der Waals surface area contributed by atoms with Crippen LogP contribution >= 0.6 is 23.4 Å². The van der Waals surface area contributed by atoms with Crippen molar-refractivity contribution < 1.29 is 8.85 Å². The highest BCUT2D eigenvalue weighted by Crippen LogP contribution is 2.32. The molecule has 0 heterocycles. The van der Waals surface area contributed by atoms with Crippen molar-refractivity contribution in [2.75, 3.05) is 11.6 Å². The van der Waals surface area contributed by atoms with Gasteiger partial charge in [0.1, 0.15) is 5.76 Å². The fraction of sp³-hybridized carbons (Fsp3) is 0.733. The van der Waals surface area contributed by atoms with Crippen molar-refractivity contribution in [3.05, 3.63) is 23.0 Å². The van der Waals surface area contributed by atoms with Gasteiger partial charge < -0.3 is 8.85 Å². The summed E-state index contributed by atoms with van der Waals surface area (Å²) in [6.07, 6.45) is 2.13. The Labute approximate surface area is 142 Å². The highest BCUT2D eigenvalue weighted by atomic mass is 35.5. The third-order valence-corrected chi connectivity index (χ3v) is 5.58. The Hall–Kier alpha value is 0.154. The Morgan fingerprint density at radius 1 is 1.00 bits per heavy atom. The number of alkyl halides is 1. The molecule has 0 rings (SSSR count). The van der Waals surface area contributed by atoms with Crippen LogP contribution in [-0.4, -0.2) is 28.3 Å². The van der Waals surface area contributed by atoms with Crippen molar-refractivity contribution in [1.82, 2.24) is 0 Å². The summed E-state index contributed by atoms with van der Waals surface area (Å²) in [6, 6.07) is 0. The lowest BCUT2D eigenvalue weighted by Gasteiger charge is -2.26. The maximum atomic E-state index is 6.14. The summed E-state index contributed by atoms with van der Waals surface area (Å²) in [5.41, 5.74) is 0. The van der Waals surface area contributed by atoms with Crippen LogP contribution in [-0.2, 0) is 8.85 Å². The van der Waals surface area contributed by atoms with Crippen molar-refractivity contribution in [3.63, 3.8) is 0 Å².